The van der Waals surface area contributed by atoms with E-state index in [1.165, 1.54) is 6.07 Å². The van der Waals surface area contributed by atoms with Crippen LogP contribution in [-0.4, -0.2) is 36.1 Å². The van der Waals surface area contributed by atoms with Crippen LogP contribution in [0.15, 0.2) is 24.4 Å². The Labute approximate surface area is 125 Å². The van der Waals surface area contributed by atoms with Gasteiger partial charge in [-0.2, -0.15) is 0 Å². The molecule has 0 aliphatic heterocycles. The van der Waals surface area contributed by atoms with Crippen LogP contribution >= 0.6 is 0 Å². The van der Waals surface area contributed by atoms with Gasteiger partial charge in [0.15, 0.2) is 5.82 Å². The van der Waals surface area contributed by atoms with Crippen molar-refractivity contribution in [3.63, 3.8) is 0 Å². The Morgan fingerprint density at radius 1 is 1.48 bits per heavy atom. The summed E-state index contributed by atoms with van der Waals surface area (Å²) in [5.74, 6) is -0.357. The summed E-state index contributed by atoms with van der Waals surface area (Å²) in [6.45, 7) is 5.84. The molecule has 1 aromatic carbocycles. The molecule has 1 aromatic heterocycles. The number of likely N-dealkylation sites (N-methyl/N-ethyl adjacent to an activating group) is 1. The minimum atomic E-state index is -0.357. The SMILES string of the molecule is CCC(C)N(C)CCNc1c(F)cc(N)c2cccnc12. The van der Waals surface area contributed by atoms with Crippen molar-refractivity contribution in [2.45, 2.75) is 26.3 Å². The Bertz CT molecular complexity index is 614. The summed E-state index contributed by atoms with van der Waals surface area (Å²) in [6.07, 6.45) is 2.74. The first-order valence-electron chi connectivity index (χ1n) is 7.31. The lowest BCUT2D eigenvalue weighted by Crippen LogP contribution is -2.32. The number of aromatic nitrogens is 1. The van der Waals surface area contributed by atoms with E-state index in [-0.39, 0.29) is 5.82 Å². The Hall–Kier alpha value is -1.88. The molecule has 2 rings (SSSR count). The van der Waals surface area contributed by atoms with Crippen molar-refractivity contribution >= 4 is 22.3 Å². The molecule has 0 aliphatic carbocycles. The monoisotopic (exact) mass is 290 g/mol. The van der Waals surface area contributed by atoms with Crippen LogP contribution in [0.3, 0.4) is 0 Å². The molecule has 0 saturated heterocycles. The number of pyridine rings is 1. The first-order valence-corrected chi connectivity index (χ1v) is 7.31. The second kappa shape index (κ2) is 6.72. The molecule has 1 atom stereocenters. The standard InChI is InChI=1S/C16H23FN4/c1-4-11(2)21(3)9-8-20-16-13(17)10-14(18)12-6-5-7-19-15(12)16/h5-7,10-11,20H,4,8-9,18H2,1-3H3. The van der Waals surface area contributed by atoms with Crippen LogP contribution < -0.4 is 11.1 Å². The number of hydrogen-bond acceptors (Lipinski definition) is 4. The number of nitrogens with two attached hydrogens (primary N) is 1. The van der Waals surface area contributed by atoms with E-state index in [1.807, 2.05) is 6.07 Å². The van der Waals surface area contributed by atoms with Gasteiger partial charge in [-0.3, -0.25) is 4.98 Å². The average Bonchev–Trinajstić information content (AvgIpc) is 2.49. The first-order chi connectivity index (χ1) is 10.0. The van der Waals surface area contributed by atoms with E-state index < -0.39 is 0 Å². The van der Waals surface area contributed by atoms with Gasteiger partial charge in [0, 0.05) is 36.4 Å². The molecule has 0 aliphatic rings. The first kappa shape index (κ1) is 15.5. The van der Waals surface area contributed by atoms with Crippen LogP contribution in [0, 0.1) is 5.82 Å². The van der Waals surface area contributed by atoms with Gasteiger partial charge in [0.05, 0.1) is 11.2 Å². The van der Waals surface area contributed by atoms with Crippen LogP contribution in [0.1, 0.15) is 20.3 Å². The maximum absolute atomic E-state index is 14.1. The summed E-state index contributed by atoms with van der Waals surface area (Å²) < 4.78 is 14.1. The summed E-state index contributed by atoms with van der Waals surface area (Å²) >= 11 is 0. The molecule has 0 radical (unpaired) electrons. The van der Waals surface area contributed by atoms with Crippen molar-refractivity contribution in [2.24, 2.45) is 0 Å². The lowest BCUT2D eigenvalue weighted by molar-refractivity contribution is 0.261. The minimum Gasteiger partial charge on any atom is -0.398 e. The highest BCUT2D eigenvalue weighted by Crippen LogP contribution is 2.29. The highest BCUT2D eigenvalue weighted by Gasteiger charge is 2.12. The lowest BCUT2D eigenvalue weighted by Gasteiger charge is -2.23. The molecule has 3 N–H and O–H groups in total. The Morgan fingerprint density at radius 3 is 2.95 bits per heavy atom. The van der Waals surface area contributed by atoms with Crippen molar-refractivity contribution < 1.29 is 4.39 Å². The van der Waals surface area contributed by atoms with Gasteiger partial charge in [-0.05, 0) is 38.6 Å². The predicted molar refractivity (Wildman–Crippen MR) is 87.0 cm³/mol. The highest BCUT2D eigenvalue weighted by atomic mass is 19.1. The van der Waals surface area contributed by atoms with Crippen LogP contribution in [0.2, 0.25) is 0 Å². The Kier molecular flexibility index (Phi) is 4.96. The molecule has 0 saturated carbocycles. The Balaban J connectivity index is 2.15. The fraction of sp³-hybridized carbons (Fsp3) is 0.438. The largest absolute Gasteiger partial charge is 0.398 e. The molecule has 1 unspecified atom stereocenters. The van der Waals surface area contributed by atoms with Crippen molar-refractivity contribution in [1.82, 2.24) is 9.88 Å². The minimum absolute atomic E-state index is 0.357. The quantitative estimate of drug-likeness (QED) is 0.803. The molecule has 5 heteroatoms. The number of nitrogens with one attached hydrogen (secondary N) is 1. The normalized spacial score (nSPS) is 12.8. The predicted octanol–water partition coefficient (Wildman–Crippen LogP) is 3.10. The molecule has 4 nitrogen and oxygen atoms in total. The molecule has 0 fully saturated rings. The van der Waals surface area contributed by atoms with E-state index in [0.29, 0.717) is 29.5 Å². The van der Waals surface area contributed by atoms with Crippen LogP contribution in [0.5, 0.6) is 0 Å². The van der Waals surface area contributed by atoms with E-state index in [0.717, 1.165) is 18.4 Å². The third kappa shape index (κ3) is 3.42. The average molecular weight is 290 g/mol. The number of anilines is 2. The van der Waals surface area contributed by atoms with Crippen molar-refractivity contribution in [1.29, 1.82) is 0 Å². The van der Waals surface area contributed by atoms with Gasteiger partial charge in [-0.25, -0.2) is 4.39 Å². The smallest absolute Gasteiger partial charge is 0.150 e. The fourth-order valence-corrected chi connectivity index (χ4v) is 2.29. The zero-order valence-corrected chi connectivity index (χ0v) is 12.9. The lowest BCUT2D eigenvalue weighted by atomic mass is 10.1. The summed E-state index contributed by atoms with van der Waals surface area (Å²) in [5, 5.41) is 3.93. The molecule has 0 spiro atoms. The molecule has 2 aromatic rings. The molecular formula is C16H23FN4. The van der Waals surface area contributed by atoms with Crippen molar-refractivity contribution in [3.05, 3.63) is 30.2 Å². The van der Waals surface area contributed by atoms with Crippen molar-refractivity contribution in [3.8, 4) is 0 Å². The van der Waals surface area contributed by atoms with Gasteiger partial charge < -0.3 is 16.0 Å². The second-order valence-corrected chi connectivity index (χ2v) is 5.39. The molecule has 0 bridgehead atoms. The van der Waals surface area contributed by atoms with Gasteiger partial charge in [-0.15, -0.1) is 0 Å². The zero-order valence-electron chi connectivity index (χ0n) is 12.9. The van der Waals surface area contributed by atoms with Gasteiger partial charge in [0.25, 0.3) is 0 Å². The number of halogens is 1. The topological polar surface area (TPSA) is 54.2 Å². The molecule has 0 amide bonds. The van der Waals surface area contributed by atoms with E-state index in [2.05, 4.69) is 36.1 Å². The summed E-state index contributed by atoms with van der Waals surface area (Å²) in [5.41, 5.74) is 7.27. The second-order valence-electron chi connectivity index (χ2n) is 5.39. The van der Waals surface area contributed by atoms with E-state index in [1.54, 1.807) is 12.3 Å². The number of hydrogen-bond donors (Lipinski definition) is 2. The molecular weight excluding hydrogens is 267 g/mol. The van der Waals surface area contributed by atoms with Gasteiger partial charge >= 0.3 is 0 Å². The number of rotatable bonds is 6. The summed E-state index contributed by atoms with van der Waals surface area (Å²) in [7, 11) is 2.07. The van der Waals surface area contributed by atoms with Gasteiger partial charge in [0.1, 0.15) is 0 Å². The Morgan fingerprint density at radius 2 is 2.24 bits per heavy atom. The van der Waals surface area contributed by atoms with Gasteiger partial charge in [-0.1, -0.05) is 6.92 Å². The number of nitrogens with zero attached hydrogens (tertiary/aromatic N) is 2. The van der Waals surface area contributed by atoms with Gasteiger partial charge in [0.2, 0.25) is 0 Å². The number of fused-ring (bicyclic) bond motifs is 1. The zero-order chi connectivity index (χ0) is 15.4. The van der Waals surface area contributed by atoms with Crippen molar-refractivity contribution in [2.75, 3.05) is 31.2 Å². The molecule has 114 valence electrons. The number of nitrogen functional groups attached to an aromatic ring is 1. The third-order valence-corrected chi connectivity index (χ3v) is 3.99. The van der Waals surface area contributed by atoms with Crippen LogP contribution in [0.4, 0.5) is 15.8 Å². The van der Waals surface area contributed by atoms with E-state index in [4.69, 9.17) is 5.73 Å². The fourth-order valence-electron chi connectivity index (χ4n) is 2.29. The maximum Gasteiger partial charge on any atom is 0.150 e. The summed E-state index contributed by atoms with van der Waals surface area (Å²) in [6, 6.07) is 5.52. The van der Waals surface area contributed by atoms with Crippen LogP contribution in [-0.2, 0) is 0 Å². The van der Waals surface area contributed by atoms with Crippen LogP contribution in [0.25, 0.3) is 10.9 Å². The maximum atomic E-state index is 14.1. The summed E-state index contributed by atoms with van der Waals surface area (Å²) in [4.78, 5) is 6.50. The van der Waals surface area contributed by atoms with E-state index >= 15 is 0 Å². The highest BCUT2D eigenvalue weighted by molar-refractivity contribution is 5.98. The third-order valence-electron chi connectivity index (χ3n) is 3.99. The number of benzene rings is 1. The molecule has 1 heterocycles. The molecule has 21 heavy (non-hydrogen) atoms. The van der Waals surface area contributed by atoms with E-state index in [9.17, 15) is 4.39 Å².